The lowest BCUT2D eigenvalue weighted by molar-refractivity contribution is 0.684. The maximum absolute atomic E-state index is 10.6. The molecule has 0 aliphatic rings. The molecule has 0 saturated carbocycles. The molecule has 0 aliphatic carbocycles. The highest BCUT2D eigenvalue weighted by Gasteiger charge is 2.02. The Labute approximate surface area is 68.2 Å². The minimum atomic E-state index is -0.920. The number of terminal acetylenes is 1. The fourth-order valence-corrected chi connectivity index (χ4v) is 1.15. The van der Waals surface area contributed by atoms with Gasteiger partial charge in [-0.2, -0.15) is 0 Å². The van der Waals surface area contributed by atoms with Gasteiger partial charge >= 0.3 is 0 Å². The SMILES string of the molecule is C#CC(CS(C)=O)N=C=S. The monoisotopic (exact) mass is 173 g/mol. The zero-order chi connectivity index (χ0) is 7.98. The van der Waals surface area contributed by atoms with Crippen molar-refractivity contribution in [2.75, 3.05) is 12.0 Å². The van der Waals surface area contributed by atoms with E-state index >= 15 is 0 Å². The van der Waals surface area contributed by atoms with Gasteiger partial charge in [-0.1, -0.05) is 5.92 Å². The molecule has 0 aliphatic heterocycles. The van der Waals surface area contributed by atoms with Crippen LogP contribution in [-0.4, -0.2) is 27.4 Å². The van der Waals surface area contributed by atoms with Crippen LogP contribution in [0.3, 0.4) is 0 Å². The number of rotatable bonds is 3. The number of nitrogens with zero attached hydrogens (tertiary/aromatic N) is 1. The zero-order valence-electron chi connectivity index (χ0n) is 5.53. The molecule has 0 bridgehead atoms. The van der Waals surface area contributed by atoms with Crippen molar-refractivity contribution in [3.8, 4) is 12.3 Å². The van der Waals surface area contributed by atoms with Crippen LogP contribution in [-0.2, 0) is 10.8 Å². The molecule has 0 N–H and O–H groups in total. The van der Waals surface area contributed by atoms with E-state index in [0.717, 1.165) is 0 Å². The molecule has 2 unspecified atom stereocenters. The van der Waals surface area contributed by atoms with Gasteiger partial charge in [0.15, 0.2) is 0 Å². The summed E-state index contributed by atoms with van der Waals surface area (Å²) in [5.74, 6) is 2.71. The van der Waals surface area contributed by atoms with Crippen LogP contribution in [0.25, 0.3) is 0 Å². The van der Waals surface area contributed by atoms with Crippen LogP contribution in [0.15, 0.2) is 4.99 Å². The van der Waals surface area contributed by atoms with Crippen LogP contribution in [0.1, 0.15) is 0 Å². The number of hydrogen-bond donors (Lipinski definition) is 0. The van der Waals surface area contributed by atoms with E-state index in [4.69, 9.17) is 6.42 Å². The van der Waals surface area contributed by atoms with Crippen molar-refractivity contribution in [2.45, 2.75) is 6.04 Å². The van der Waals surface area contributed by atoms with Gasteiger partial charge in [-0.25, -0.2) is 4.99 Å². The molecular weight excluding hydrogens is 166 g/mol. The minimum Gasteiger partial charge on any atom is -0.260 e. The van der Waals surface area contributed by atoms with E-state index in [2.05, 4.69) is 28.3 Å². The van der Waals surface area contributed by atoms with Gasteiger partial charge in [0, 0.05) is 17.1 Å². The van der Waals surface area contributed by atoms with Crippen LogP contribution in [0.5, 0.6) is 0 Å². The Morgan fingerprint density at radius 1 is 1.90 bits per heavy atom. The van der Waals surface area contributed by atoms with Gasteiger partial charge in [-0.15, -0.1) is 6.42 Å². The summed E-state index contributed by atoms with van der Waals surface area (Å²) >= 11 is 4.34. The van der Waals surface area contributed by atoms with Crippen molar-refractivity contribution in [1.29, 1.82) is 0 Å². The Morgan fingerprint density at radius 3 is 2.80 bits per heavy atom. The smallest absolute Gasteiger partial charge is 0.132 e. The largest absolute Gasteiger partial charge is 0.260 e. The third-order valence-electron chi connectivity index (χ3n) is 0.794. The van der Waals surface area contributed by atoms with Gasteiger partial charge in [-0.3, -0.25) is 4.21 Å². The summed E-state index contributed by atoms with van der Waals surface area (Å²) in [6, 6.07) is -0.372. The Balaban J connectivity index is 3.99. The lowest BCUT2D eigenvalue weighted by atomic mass is 10.4. The predicted octanol–water partition coefficient (Wildman–Crippen LogP) is 0.470. The van der Waals surface area contributed by atoms with Crippen molar-refractivity contribution in [1.82, 2.24) is 0 Å². The van der Waals surface area contributed by atoms with Crippen molar-refractivity contribution in [3.05, 3.63) is 0 Å². The summed E-state index contributed by atoms with van der Waals surface area (Å²) < 4.78 is 10.6. The molecule has 0 fully saturated rings. The maximum Gasteiger partial charge on any atom is 0.132 e. The highest BCUT2D eigenvalue weighted by Crippen LogP contribution is 1.89. The van der Waals surface area contributed by atoms with Crippen LogP contribution >= 0.6 is 12.2 Å². The van der Waals surface area contributed by atoms with Crippen molar-refractivity contribution in [2.24, 2.45) is 4.99 Å². The second kappa shape index (κ2) is 5.31. The van der Waals surface area contributed by atoms with Crippen molar-refractivity contribution < 1.29 is 4.21 Å². The molecule has 0 aromatic heterocycles. The average molecular weight is 173 g/mol. The summed E-state index contributed by atoms with van der Waals surface area (Å²) in [5, 5.41) is 2.16. The lowest BCUT2D eigenvalue weighted by Gasteiger charge is -1.97. The molecule has 10 heavy (non-hydrogen) atoms. The van der Waals surface area contributed by atoms with E-state index in [1.807, 2.05) is 0 Å². The van der Waals surface area contributed by atoms with E-state index in [9.17, 15) is 4.21 Å². The molecule has 0 aromatic rings. The molecular formula is C6H7NOS2. The first-order chi connectivity index (χ1) is 4.70. The highest BCUT2D eigenvalue weighted by molar-refractivity contribution is 7.84. The first-order valence-electron chi connectivity index (χ1n) is 2.54. The summed E-state index contributed by atoms with van der Waals surface area (Å²) in [4.78, 5) is 3.62. The predicted molar refractivity (Wildman–Crippen MR) is 46.6 cm³/mol. The van der Waals surface area contributed by atoms with Gasteiger partial charge < -0.3 is 0 Å². The summed E-state index contributed by atoms with van der Waals surface area (Å²) in [6.45, 7) is 0. The first-order valence-corrected chi connectivity index (χ1v) is 4.67. The molecule has 0 rings (SSSR count). The van der Waals surface area contributed by atoms with Gasteiger partial charge in [0.05, 0.1) is 10.9 Å². The number of thiocarbonyl (C=S) groups is 1. The lowest BCUT2D eigenvalue weighted by Crippen LogP contribution is -2.10. The van der Waals surface area contributed by atoms with E-state index in [0.29, 0.717) is 5.75 Å². The van der Waals surface area contributed by atoms with E-state index in [-0.39, 0.29) is 6.04 Å². The number of isothiocyanates is 1. The third-order valence-corrected chi connectivity index (χ3v) is 1.68. The van der Waals surface area contributed by atoms with Gasteiger partial charge in [0.1, 0.15) is 6.04 Å². The number of aliphatic imine (C=N–C) groups is 1. The van der Waals surface area contributed by atoms with E-state index < -0.39 is 10.8 Å². The second-order valence-corrected chi connectivity index (χ2v) is 3.31. The molecule has 0 amide bonds. The first kappa shape index (κ1) is 9.51. The fourth-order valence-electron chi connectivity index (χ4n) is 0.409. The van der Waals surface area contributed by atoms with Gasteiger partial charge in [0.2, 0.25) is 0 Å². The van der Waals surface area contributed by atoms with Crippen molar-refractivity contribution >= 4 is 28.2 Å². The Hall–Kier alpha value is -0.490. The van der Waals surface area contributed by atoms with Crippen molar-refractivity contribution in [3.63, 3.8) is 0 Å². The number of hydrogen-bond acceptors (Lipinski definition) is 3. The Kier molecular flexibility index (Phi) is 5.05. The third kappa shape index (κ3) is 4.39. The molecule has 0 spiro atoms. The molecule has 0 heterocycles. The Bertz CT molecular complexity index is 212. The van der Waals surface area contributed by atoms with E-state index in [1.54, 1.807) is 6.26 Å². The quantitative estimate of drug-likeness (QED) is 0.353. The molecule has 2 atom stereocenters. The second-order valence-electron chi connectivity index (χ2n) is 1.64. The standard InChI is InChI=1S/C6H7NOS2/c1-3-6(7-5-9)4-10(2)8/h1,6H,4H2,2H3. The summed E-state index contributed by atoms with van der Waals surface area (Å²) in [5.41, 5.74) is 0. The fraction of sp³-hybridized carbons (Fsp3) is 0.500. The minimum absolute atomic E-state index is 0.361. The molecule has 2 nitrogen and oxygen atoms in total. The van der Waals surface area contributed by atoms with Crippen LogP contribution in [0.4, 0.5) is 0 Å². The molecule has 0 saturated heterocycles. The summed E-state index contributed by atoms with van der Waals surface area (Å²) in [7, 11) is -0.920. The van der Waals surface area contributed by atoms with Crippen LogP contribution in [0, 0.1) is 12.3 Å². The zero-order valence-corrected chi connectivity index (χ0v) is 7.17. The Morgan fingerprint density at radius 2 is 2.50 bits per heavy atom. The molecule has 54 valence electrons. The topological polar surface area (TPSA) is 29.4 Å². The highest BCUT2D eigenvalue weighted by atomic mass is 32.2. The molecule has 0 radical (unpaired) electrons. The molecule has 0 aromatic carbocycles. The van der Waals surface area contributed by atoms with Crippen LogP contribution < -0.4 is 0 Å². The normalized spacial score (nSPS) is 14.4. The molecule has 4 heteroatoms. The maximum atomic E-state index is 10.6. The van der Waals surface area contributed by atoms with Gasteiger partial charge in [0.25, 0.3) is 0 Å². The van der Waals surface area contributed by atoms with Gasteiger partial charge in [-0.05, 0) is 12.2 Å². The average Bonchev–Trinajstić information content (AvgIpc) is 1.86. The van der Waals surface area contributed by atoms with E-state index in [1.165, 1.54) is 0 Å². The summed E-state index contributed by atoms with van der Waals surface area (Å²) in [6.07, 6.45) is 6.62. The van der Waals surface area contributed by atoms with Crippen LogP contribution in [0.2, 0.25) is 0 Å².